The summed E-state index contributed by atoms with van der Waals surface area (Å²) < 4.78 is 57.5. The number of hydrogen-bond donors (Lipinski definition) is 2. The van der Waals surface area contributed by atoms with Crippen LogP contribution in [-0.2, 0) is 10.1 Å². The Bertz CT molecular complexity index is 933. The topological polar surface area (TPSA) is 74.6 Å². The summed E-state index contributed by atoms with van der Waals surface area (Å²) in [6.07, 6.45) is 0. The molecule has 128 valence electrons. The molecule has 0 saturated carbocycles. The molecular formula is C15H11F3O4S2. The zero-order valence-electron chi connectivity index (χ0n) is 11.9. The quantitative estimate of drug-likeness (QED) is 0.478. The Hall–Kier alpha value is -2.10. The second-order valence-corrected chi connectivity index (χ2v) is 6.94. The average Bonchev–Trinajstić information content (AvgIpc) is 3.00. The summed E-state index contributed by atoms with van der Waals surface area (Å²) in [5.74, 6) is 0.343. The molecule has 0 aliphatic rings. The van der Waals surface area contributed by atoms with Crippen molar-refractivity contribution in [2.45, 2.75) is 5.51 Å². The van der Waals surface area contributed by atoms with Crippen LogP contribution in [0.4, 0.5) is 13.2 Å². The first-order chi connectivity index (χ1) is 11.1. The molecule has 0 amide bonds. The highest BCUT2D eigenvalue weighted by molar-refractivity contribution is 7.86. The number of rotatable bonds is 1. The maximum absolute atomic E-state index is 10.7. The molecule has 4 nitrogen and oxygen atoms in total. The number of halogens is 3. The zero-order valence-corrected chi connectivity index (χ0v) is 13.5. The molecule has 0 unspecified atom stereocenters. The van der Waals surface area contributed by atoms with Crippen LogP contribution in [0.15, 0.2) is 53.9 Å². The monoisotopic (exact) mass is 376 g/mol. The third-order valence-electron chi connectivity index (χ3n) is 2.98. The lowest BCUT2D eigenvalue weighted by molar-refractivity contribution is -0.0510. The minimum Gasteiger partial charge on any atom is -0.507 e. The molecule has 0 aliphatic carbocycles. The summed E-state index contributed by atoms with van der Waals surface area (Å²) in [4.78, 5) is 1.23. The van der Waals surface area contributed by atoms with Crippen LogP contribution in [0.5, 0.6) is 5.75 Å². The van der Waals surface area contributed by atoms with Crippen LogP contribution in [-0.4, -0.2) is 23.6 Å². The van der Waals surface area contributed by atoms with Crippen LogP contribution in [0.1, 0.15) is 0 Å². The second kappa shape index (κ2) is 6.80. The smallest absolute Gasteiger partial charge is 0.507 e. The Kier molecular flexibility index (Phi) is 5.16. The molecule has 1 heterocycles. The number of aromatic hydroxyl groups is 1. The number of alkyl halides is 3. The standard InChI is InChI=1S/C14H10OS.CHF3O3S/c15-13-8-7-12(14-6-3-9-16-14)10-4-1-2-5-11(10)13;2-1(3,4)8(5,6)7/h1-9,15H;(H,5,6,7). The fraction of sp³-hybridized carbons (Fsp3) is 0.0667. The number of phenols is 1. The van der Waals surface area contributed by atoms with E-state index in [-0.39, 0.29) is 0 Å². The number of fused-ring (bicyclic) bond motifs is 1. The molecule has 0 aliphatic heterocycles. The van der Waals surface area contributed by atoms with Crippen LogP contribution in [0.25, 0.3) is 21.2 Å². The van der Waals surface area contributed by atoms with Crippen molar-refractivity contribution >= 4 is 32.2 Å². The molecule has 9 heteroatoms. The molecular weight excluding hydrogens is 365 g/mol. The SMILES string of the molecule is O=S(=O)(O)C(F)(F)F.Oc1ccc(-c2cccs2)c2ccccc12. The summed E-state index contributed by atoms with van der Waals surface area (Å²) in [7, 11) is -5.84. The molecule has 0 bridgehead atoms. The van der Waals surface area contributed by atoms with Crippen molar-refractivity contribution < 1.29 is 31.2 Å². The van der Waals surface area contributed by atoms with E-state index in [2.05, 4.69) is 11.4 Å². The van der Waals surface area contributed by atoms with E-state index in [4.69, 9.17) is 13.0 Å². The van der Waals surface area contributed by atoms with Gasteiger partial charge >= 0.3 is 15.6 Å². The maximum atomic E-state index is 10.7. The van der Waals surface area contributed by atoms with Crippen LogP contribution in [0.3, 0.4) is 0 Å². The van der Waals surface area contributed by atoms with Crippen molar-refractivity contribution in [3.8, 4) is 16.2 Å². The molecule has 0 spiro atoms. The first kappa shape index (κ1) is 18.2. The van der Waals surface area contributed by atoms with E-state index in [0.29, 0.717) is 5.75 Å². The second-order valence-electron chi connectivity index (χ2n) is 4.58. The van der Waals surface area contributed by atoms with Gasteiger partial charge in [-0.1, -0.05) is 30.3 Å². The number of hydrogen-bond acceptors (Lipinski definition) is 4. The molecule has 24 heavy (non-hydrogen) atoms. The molecule has 1 aromatic heterocycles. The summed E-state index contributed by atoms with van der Waals surface area (Å²) >= 11 is 1.72. The highest BCUT2D eigenvalue weighted by Gasteiger charge is 2.44. The van der Waals surface area contributed by atoms with Gasteiger partial charge in [-0.15, -0.1) is 11.3 Å². The molecule has 3 rings (SSSR count). The van der Waals surface area contributed by atoms with Crippen molar-refractivity contribution in [2.75, 3.05) is 0 Å². The predicted octanol–water partition coefficient (Wildman–Crippen LogP) is 4.67. The van der Waals surface area contributed by atoms with E-state index in [9.17, 15) is 18.3 Å². The van der Waals surface area contributed by atoms with Crippen LogP contribution in [0, 0.1) is 0 Å². The third-order valence-corrected chi connectivity index (χ3v) is 4.47. The molecule has 2 N–H and O–H groups in total. The summed E-state index contributed by atoms with van der Waals surface area (Å²) in [6.45, 7) is 0. The van der Waals surface area contributed by atoms with Crippen molar-refractivity contribution in [1.29, 1.82) is 0 Å². The molecule has 3 aromatic rings. The minimum absolute atomic E-state index is 0.343. The van der Waals surface area contributed by atoms with Crippen LogP contribution in [0.2, 0.25) is 0 Å². The van der Waals surface area contributed by atoms with Gasteiger partial charge in [0.05, 0.1) is 0 Å². The fourth-order valence-electron chi connectivity index (χ4n) is 1.93. The first-order valence-electron chi connectivity index (χ1n) is 6.39. The third kappa shape index (κ3) is 4.05. The Morgan fingerprint density at radius 1 is 0.917 bits per heavy atom. The van der Waals surface area contributed by atoms with Crippen LogP contribution < -0.4 is 0 Å². The molecule has 0 radical (unpaired) electrons. The lowest BCUT2D eigenvalue weighted by Crippen LogP contribution is -2.21. The highest BCUT2D eigenvalue weighted by atomic mass is 32.2. The van der Waals surface area contributed by atoms with Crippen molar-refractivity contribution in [3.63, 3.8) is 0 Å². The maximum Gasteiger partial charge on any atom is 0.522 e. The van der Waals surface area contributed by atoms with E-state index in [1.165, 1.54) is 10.4 Å². The van der Waals surface area contributed by atoms with E-state index in [1.54, 1.807) is 17.4 Å². The van der Waals surface area contributed by atoms with Crippen molar-refractivity contribution in [3.05, 3.63) is 53.9 Å². The summed E-state index contributed by atoms with van der Waals surface area (Å²) in [5, 5.41) is 13.9. The van der Waals surface area contributed by atoms with Gasteiger partial charge in [0.15, 0.2) is 0 Å². The van der Waals surface area contributed by atoms with E-state index < -0.39 is 15.6 Å². The molecule has 0 atom stereocenters. The lowest BCUT2D eigenvalue weighted by Gasteiger charge is -2.06. The minimum atomic E-state index is -5.84. The fourth-order valence-corrected chi connectivity index (χ4v) is 2.70. The van der Waals surface area contributed by atoms with E-state index >= 15 is 0 Å². The predicted molar refractivity (Wildman–Crippen MR) is 86.5 cm³/mol. The Morgan fingerprint density at radius 2 is 1.50 bits per heavy atom. The van der Waals surface area contributed by atoms with E-state index in [0.717, 1.165) is 10.8 Å². The van der Waals surface area contributed by atoms with Gasteiger partial charge < -0.3 is 5.11 Å². The first-order valence-corrected chi connectivity index (χ1v) is 8.71. The van der Waals surface area contributed by atoms with Gasteiger partial charge in [0, 0.05) is 10.3 Å². The zero-order chi connectivity index (χ0) is 18.0. The Morgan fingerprint density at radius 3 is 2.00 bits per heavy atom. The lowest BCUT2D eigenvalue weighted by atomic mass is 10.0. The Balaban J connectivity index is 0.000000224. The van der Waals surface area contributed by atoms with Gasteiger partial charge in [0.1, 0.15) is 5.75 Å². The number of benzene rings is 2. The van der Waals surface area contributed by atoms with E-state index in [1.807, 2.05) is 36.4 Å². The van der Waals surface area contributed by atoms with Gasteiger partial charge in [0.25, 0.3) is 0 Å². The molecule has 0 fully saturated rings. The average molecular weight is 376 g/mol. The number of phenolic OH excluding ortho intramolecular Hbond substituents is 1. The Labute approximate surface area is 139 Å². The van der Waals surface area contributed by atoms with Gasteiger partial charge in [-0.3, -0.25) is 4.55 Å². The number of thiophene rings is 1. The van der Waals surface area contributed by atoms with Crippen molar-refractivity contribution in [2.24, 2.45) is 0 Å². The molecule has 2 aromatic carbocycles. The van der Waals surface area contributed by atoms with Gasteiger partial charge in [0.2, 0.25) is 0 Å². The normalized spacial score (nSPS) is 11.8. The largest absolute Gasteiger partial charge is 0.522 e. The van der Waals surface area contributed by atoms with Crippen LogP contribution >= 0.6 is 11.3 Å². The van der Waals surface area contributed by atoms with Gasteiger partial charge in [-0.25, -0.2) is 0 Å². The van der Waals surface area contributed by atoms with Gasteiger partial charge in [-0.2, -0.15) is 21.6 Å². The highest BCUT2D eigenvalue weighted by Crippen LogP contribution is 2.35. The molecule has 0 saturated heterocycles. The summed E-state index contributed by atoms with van der Waals surface area (Å²) in [5.41, 5.74) is -4.35. The summed E-state index contributed by atoms with van der Waals surface area (Å²) in [6, 6.07) is 15.8. The van der Waals surface area contributed by atoms with Crippen molar-refractivity contribution in [1.82, 2.24) is 0 Å². The van der Waals surface area contributed by atoms with Gasteiger partial charge in [-0.05, 0) is 34.5 Å².